The summed E-state index contributed by atoms with van der Waals surface area (Å²) in [5.41, 5.74) is 0.324. The van der Waals surface area contributed by atoms with Crippen molar-refractivity contribution in [2.24, 2.45) is 0 Å². The highest BCUT2D eigenvalue weighted by Crippen LogP contribution is 2.14. The van der Waals surface area contributed by atoms with Crippen molar-refractivity contribution < 1.29 is 12.8 Å². The molecule has 1 heterocycles. The van der Waals surface area contributed by atoms with Crippen LogP contribution in [0.25, 0.3) is 0 Å². The number of pyridine rings is 1. The van der Waals surface area contributed by atoms with Gasteiger partial charge in [-0.25, -0.2) is 17.8 Å². The van der Waals surface area contributed by atoms with Gasteiger partial charge in [-0.2, -0.15) is 5.26 Å². The molecule has 0 spiro atoms. The summed E-state index contributed by atoms with van der Waals surface area (Å²) in [4.78, 5) is 3.72. The molecule has 0 aliphatic carbocycles. The fourth-order valence-electron chi connectivity index (χ4n) is 1.33. The lowest BCUT2D eigenvalue weighted by Gasteiger charge is -2.06. The van der Waals surface area contributed by atoms with Crippen LogP contribution < -0.4 is 4.72 Å². The fourth-order valence-corrected chi connectivity index (χ4v) is 2.34. The van der Waals surface area contributed by atoms with Crippen LogP contribution in [0.15, 0.2) is 47.5 Å². The molecule has 7 heteroatoms. The van der Waals surface area contributed by atoms with E-state index in [0.29, 0.717) is 5.56 Å². The average Bonchev–Trinajstić information content (AvgIpc) is 2.40. The lowest BCUT2D eigenvalue weighted by Crippen LogP contribution is -2.13. The monoisotopic (exact) mass is 277 g/mol. The van der Waals surface area contributed by atoms with Crippen LogP contribution in [0, 0.1) is 17.1 Å². The van der Waals surface area contributed by atoms with Crippen molar-refractivity contribution in [2.75, 3.05) is 4.72 Å². The van der Waals surface area contributed by atoms with Crippen molar-refractivity contribution in [3.63, 3.8) is 0 Å². The molecule has 0 radical (unpaired) electrons. The van der Waals surface area contributed by atoms with Gasteiger partial charge in [-0.1, -0.05) is 0 Å². The number of benzene rings is 1. The quantitative estimate of drug-likeness (QED) is 0.928. The molecule has 19 heavy (non-hydrogen) atoms. The number of aromatic nitrogens is 1. The molecule has 1 aromatic carbocycles. The van der Waals surface area contributed by atoms with Crippen molar-refractivity contribution in [1.82, 2.24) is 4.98 Å². The van der Waals surface area contributed by atoms with Crippen molar-refractivity contribution in [2.45, 2.75) is 4.90 Å². The maximum Gasteiger partial charge on any atom is 0.263 e. The lowest BCUT2D eigenvalue weighted by atomic mass is 10.3. The Morgan fingerprint density at radius 2 is 1.84 bits per heavy atom. The topological polar surface area (TPSA) is 82.9 Å². The van der Waals surface area contributed by atoms with Gasteiger partial charge >= 0.3 is 0 Å². The first-order valence-electron chi connectivity index (χ1n) is 5.16. The number of hydrogen-bond acceptors (Lipinski definition) is 4. The van der Waals surface area contributed by atoms with Crippen LogP contribution in [0.1, 0.15) is 5.56 Å². The molecule has 0 unspecified atom stereocenters. The third kappa shape index (κ3) is 3.05. The van der Waals surface area contributed by atoms with Crippen LogP contribution in [0.3, 0.4) is 0 Å². The Labute approximate surface area is 109 Å². The van der Waals surface area contributed by atoms with E-state index in [0.717, 1.165) is 24.3 Å². The maximum absolute atomic E-state index is 12.7. The van der Waals surface area contributed by atoms with E-state index in [1.54, 1.807) is 0 Å². The van der Waals surface area contributed by atoms with E-state index in [9.17, 15) is 12.8 Å². The number of anilines is 1. The predicted molar refractivity (Wildman–Crippen MR) is 66.2 cm³/mol. The summed E-state index contributed by atoms with van der Waals surface area (Å²) in [5.74, 6) is -0.432. The molecule has 0 amide bonds. The summed E-state index contributed by atoms with van der Waals surface area (Å²) in [5, 5.41) is 8.60. The largest absolute Gasteiger partial charge is 0.263 e. The highest BCUT2D eigenvalue weighted by atomic mass is 32.2. The van der Waals surface area contributed by atoms with Gasteiger partial charge in [-0.3, -0.25) is 4.72 Å². The zero-order valence-corrected chi connectivity index (χ0v) is 10.4. The fraction of sp³-hybridized carbons (Fsp3) is 0. The van der Waals surface area contributed by atoms with Gasteiger partial charge in [0.15, 0.2) is 0 Å². The number of sulfonamides is 1. The molecule has 0 saturated carbocycles. The number of nitrogens with one attached hydrogen (secondary N) is 1. The molecule has 0 fully saturated rings. The second kappa shape index (κ2) is 5.04. The van der Waals surface area contributed by atoms with E-state index in [4.69, 9.17) is 5.26 Å². The number of nitriles is 1. The first-order chi connectivity index (χ1) is 9.01. The molecular formula is C12H8FN3O2S. The van der Waals surface area contributed by atoms with Gasteiger partial charge < -0.3 is 0 Å². The van der Waals surface area contributed by atoms with E-state index in [1.165, 1.54) is 18.3 Å². The molecule has 0 aliphatic heterocycles. The lowest BCUT2D eigenvalue weighted by molar-refractivity contribution is 0.599. The predicted octanol–water partition coefficient (Wildman–Crippen LogP) is 1.89. The van der Waals surface area contributed by atoms with Gasteiger partial charge in [0, 0.05) is 6.20 Å². The standard InChI is InChI=1S/C12H8FN3O2S/c13-10-2-4-11(5-3-10)19(17,18)16-12-6-1-9(7-14)8-15-12/h1-6,8H,(H,15,16). The molecule has 0 saturated heterocycles. The summed E-state index contributed by atoms with van der Waals surface area (Å²) in [6.07, 6.45) is 1.25. The van der Waals surface area contributed by atoms with Crippen molar-refractivity contribution in [1.29, 1.82) is 5.26 Å². The summed E-state index contributed by atoms with van der Waals surface area (Å²) in [6, 6.07) is 9.11. The Balaban J connectivity index is 2.26. The second-order valence-electron chi connectivity index (χ2n) is 3.60. The van der Waals surface area contributed by atoms with E-state index >= 15 is 0 Å². The van der Waals surface area contributed by atoms with Gasteiger partial charge in [-0.15, -0.1) is 0 Å². The highest BCUT2D eigenvalue weighted by molar-refractivity contribution is 7.92. The van der Waals surface area contributed by atoms with Crippen LogP contribution in [0.2, 0.25) is 0 Å². The van der Waals surface area contributed by atoms with Gasteiger partial charge in [0.2, 0.25) is 0 Å². The molecule has 5 nitrogen and oxygen atoms in total. The number of hydrogen-bond donors (Lipinski definition) is 1. The third-order valence-electron chi connectivity index (χ3n) is 2.26. The van der Waals surface area contributed by atoms with Gasteiger partial charge in [-0.05, 0) is 36.4 Å². The molecule has 1 aromatic heterocycles. The van der Waals surface area contributed by atoms with E-state index in [1.807, 2.05) is 6.07 Å². The minimum Gasteiger partial charge on any atom is -0.263 e. The van der Waals surface area contributed by atoms with E-state index in [-0.39, 0.29) is 10.7 Å². The van der Waals surface area contributed by atoms with E-state index < -0.39 is 15.8 Å². The van der Waals surface area contributed by atoms with Crippen LogP contribution in [0.5, 0.6) is 0 Å². The SMILES string of the molecule is N#Cc1ccc(NS(=O)(=O)c2ccc(F)cc2)nc1. The maximum atomic E-state index is 12.7. The normalized spacial score (nSPS) is 10.7. The van der Waals surface area contributed by atoms with Gasteiger partial charge in [0.05, 0.1) is 10.5 Å². The number of halogens is 1. The highest BCUT2D eigenvalue weighted by Gasteiger charge is 2.14. The Morgan fingerprint density at radius 1 is 1.16 bits per heavy atom. The first kappa shape index (κ1) is 13.0. The van der Waals surface area contributed by atoms with Gasteiger partial charge in [0.1, 0.15) is 17.7 Å². The molecule has 0 atom stereocenters. The van der Waals surface area contributed by atoms with Crippen LogP contribution in [-0.4, -0.2) is 13.4 Å². The zero-order chi connectivity index (χ0) is 13.9. The molecule has 2 rings (SSSR count). The Kier molecular flexibility index (Phi) is 3.44. The molecule has 96 valence electrons. The smallest absolute Gasteiger partial charge is 0.263 e. The Hall–Kier alpha value is -2.46. The first-order valence-corrected chi connectivity index (χ1v) is 6.64. The minimum atomic E-state index is -3.81. The van der Waals surface area contributed by atoms with E-state index in [2.05, 4.69) is 9.71 Å². The van der Waals surface area contributed by atoms with Gasteiger partial charge in [0.25, 0.3) is 10.0 Å². The second-order valence-corrected chi connectivity index (χ2v) is 5.29. The molecular weight excluding hydrogens is 269 g/mol. The van der Waals surface area contributed by atoms with Crippen LogP contribution >= 0.6 is 0 Å². The Morgan fingerprint density at radius 3 is 2.37 bits per heavy atom. The number of rotatable bonds is 3. The molecule has 0 aliphatic rings. The average molecular weight is 277 g/mol. The molecule has 1 N–H and O–H groups in total. The third-order valence-corrected chi connectivity index (χ3v) is 3.63. The van der Waals surface area contributed by atoms with Crippen LogP contribution in [-0.2, 0) is 10.0 Å². The summed E-state index contributed by atoms with van der Waals surface area (Å²) < 4.78 is 38.8. The zero-order valence-electron chi connectivity index (χ0n) is 9.54. The number of nitrogens with zero attached hydrogens (tertiary/aromatic N) is 2. The van der Waals surface area contributed by atoms with Crippen molar-refractivity contribution in [3.05, 3.63) is 54.0 Å². The minimum absolute atomic E-state index is 0.0694. The molecule has 0 bridgehead atoms. The Bertz CT molecular complexity index is 719. The van der Waals surface area contributed by atoms with Crippen molar-refractivity contribution >= 4 is 15.8 Å². The molecule has 2 aromatic rings. The van der Waals surface area contributed by atoms with Crippen molar-refractivity contribution in [3.8, 4) is 6.07 Å². The summed E-state index contributed by atoms with van der Waals surface area (Å²) in [6.45, 7) is 0. The van der Waals surface area contributed by atoms with Crippen LogP contribution in [0.4, 0.5) is 10.2 Å². The summed E-state index contributed by atoms with van der Waals surface area (Å²) in [7, 11) is -3.81. The summed E-state index contributed by atoms with van der Waals surface area (Å²) >= 11 is 0.